The van der Waals surface area contributed by atoms with Gasteiger partial charge in [0.05, 0.1) is 34.3 Å². The van der Waals surface area contributed by atoms with E-state index < -0.39 is 17.3 Å². The van der Waals surface area contributed by atoms with Crippen molar-refractivity contribution in [3.05, 3.63) is 69.6 Å². The predicted molar refractivity (Wildman–Crippen MR) is 101 cm³/mol. The fourth-order valence-electron chi connectivity index (χ4n) is 3.05. The van der Waals surface area contributed by atoms with Gasteiger partial charge < -0.3 is 9.09 Å². The van der Waals surface area contributed by atoms with Crippen molar-refractivity contribution < 1.29 is 17.7 Å². The molecule has 0 aliphatic heterocycles. The second kappa shape index (κ2) is 7.10. The minimum Gasteiger partial charge on any atom is -0.340 e. The molecular weight excluding hydrogens is 428 g/mol. The maximum absolute atomic E-state index is 13.4. The van der Waals surface area contributed by atoms with E-state index in [0.717, 1.165) is 6.07 Å². The molecule has 2 aromatic carbocycles. The zero-order valence-corrected chi connectivity index (χ0v) is 15.8. The highest BCUT2D eigenvalue weighted by Crippen LogP contribution is 2.38. The van der Waals surface area contributed by atoms with E-state index in [-0.39, 0.29) is 23.6 Å². The van der Waals surface area contributed by atoms with E-state index in [0.29, 0.717) is 21.1 Å². The smallest absolute Gasteiger partial charge is 0.340 e. The first kappa shape index (κ1) is 19.3. The number of alkyl halides is 3. The highest BCUT2D eigenvalue weighted by atomic mass is 35.5. The van der Waals surface area contributed by atoms with Gasteiger partial charge in [0.2, 0.25) is 0 Å². The molecule has 0 atom stereocenters. The second-order valence-electron chi connectivity index (χ2n) is 6.11. The Morgan fingerprint density at radius 2 is 1.93 bits per heavy atom. The molecule has 0 N–H and O–H groups in total. The Balaban J connectivity index is 1.72. The van der Waals surface area contributed by atoms with Gasteiger partial charge in [0, 0.05) is 22.1 Å². The Labute approximate surface area is 171 Å². The molecule has 10 heteroatoms. The molecule has 5 nitrogen and oxygen atoms in total. The monoisotopic (exact) mass is 436 g/mol. The lowest BCUT2D eigenvalue weighted by atomic mass is 10.0. The van der Waals surface area contributed by atoms with Gasteiger partial charge in [-0.2, -0.15) is 23.4 Å². The lowest BCUT2D eigenvalue weighted by molar-refractivity contribution is -0.136. The van der Waals surface area contributed by atoms with Crippen LogP contribution in [0.1, 0.15) is 17.0 Å². The number of fused-ring (bicyclic) bond motifs is 1. The fourth-order valence-corrected chi connectivity index (χ4v) is 3.42. The third kappa shape index (κ3) is 3.55. The summed E-state index contributed by atoms with van der Waals surface area (Å²) in [7, 11) is 0. The number of nitrogens with zero attached hydrogens (tertiary/aromatic N) is 4. The Morgan fingerprint density at radius 3 is 2.66 bits per heavy atom. The molecular formula is C19H9Cl2F3N4O. The van der Waals surface area contributed by atoms with Crippen LogP contribution in [0, 0.1) is 11.3 Å². The zero-order valence-electron chi connectivity index (χ0n) is 14.3. The van der Waals surface area contributed by atoms with Crippen molar-refractivity contribution in [3.63, 3.8) is 0 Å². The molecule has 4 aromatic rings. The van der Waals surface area contributed by atoms with Crippen molar-refractivity contribution in [2.45, 2.75) is 12.7 Å². The average Bonchev–Trinajstić information content (AvgIpc) is 3.29. The van der Waals surface area contributed by atoms with E-state index in [1.165, 1.54) is 18.3 Å². The minimum absolute atomic E-state index is 0.0639. The van der Waals surface area contributed by atoms with Crippen LogP contribution >= 0.6 is 23.2 Å². The van der Waals surface area contributed by atoms with Crippen LogP contribution < -0.4 is 0 Å². The van der Waals surface area contributed by atoms with Crippen molar-refractivity contribution >= 4 is 34.1 Å². The van der Waals surface area contributed by atoms with Gasteiger partial charge >= 0.3 is 6.18 Å². The van der Waals surface area contributed by atoms with Gasteiger partial charge in [-0.25, -0.2) is 0 Å². The van der Waals surface area contributed by atoms with Crippen LogP contribution in [-0.4, -0.2) is 14.7 Å². The third-order valence-electron chi connectivity index (χ3n) is 4.30. The molecule has 0 aliphatic carbocycles. The molecule has 0 spiro atoms. The van der Waals surface area contributed by atoms with E-state index in [1.807, 2.05) is 0 Å². The number of benzene rings is 2. The molecule has 0 radical (unpaired) electrons. The number of nitriles is 1. The minimum atomic E-state index is -4.65. The van der Waals surface area contributed by atoms with Crippen molar-refractivity contribution in [2.75, 3.05) is 0 Å². The Kier molecular flexibility index (Phi) is 4.73. The summed E-state index contributed by atoms with van der Waals surface area (Å²) in [5, 5.41) is 13.6. The predicted octanol–water partition coefficient (Wildman–Crippen LogP) is 5.94. The van der Waals surface area contributed by atoms with E-state index in [4.69, 9.17) is 33.0 Å². The summed E-state index contributed by atoms with van der Waals surface area (Å²) in [6, 6.07) is 10.3. The summed E-state index contributed by atoms with van der Waals surface area (Å²) in [4.78, 5) is 4.25. The van der Waals surface area contributed by atoms with Crippen LogP contribution in [0.3, 0.4) is 0 Å². The summed E-state index contributed by atoms with van der Waals surface area (Å²) in [5.41, 5.74) is -0.646. The van der Waals surface area contributed by atoms with Gasteiger partial charge in [-0.3, -0.25) is 0 Å². The Morgan fingerprint density at radius 1 is 1.14 bits per heavy atom. The largest absolute Gasteiger partial charge is 0.418 e. The summed E-state index contributed by atoms with van der Waals surface area (Å²) in [6.45, 7) is 0.0639. The summed E-state index contributed by atoms with van der Waals surface area (Å²) >= 11 is 12.1. The standard InChI is InChI=1S/C19H9Cl2F3N4O/c20-11-2-3-14(21)13(7-11)18-26-16(27-29-18)9-28-6-5-12-15(28)4-1-10(8-25)17(12)19(22,23)24/h1-7H,9H2. The fraction of sp³-hybridized carbons (Fsp3) is 0.105. The first-order valence-corrected chi connectivity index (χ1v) is 8.90. The van der Waals surface area contributed by atoms with Gasteiger partial charge in [-0.15, -0.1) is 0 Å². The van der Waals surface area contributed by atoms with E-state index in [9.17, 15) is 13.2 Å². The molecule has 4 rings (SSSR count). The van der Waals surface area contributed by atoms with Crippen LogP contribution in [-0.2, 0) is 12.7 Å². The highest BCUT2D eigenvalue weighted by Gasteiger charge is 2.36. The molecule has 2 heterocycles. The van der Waals surface area contributed by atoms with E-state index >= 15 is 0 Å². The lowest BCUT2D eigenvalue weighted by Crippen LogP contribution is -2.09. The highest BCUT2D eigenvalue weighted by molar-refractivity contribution is 6.35. The van der Waals surface area contributed by atoms with Crippen LogP contribution in [0.4, 0.5) is 13.2 Å². The van der Waals surface area contributed by atoms with Gasteiger partial charge in [-0.1, -0.05) is 28.4 Å². The maximum atomic E-state index is 13.4. The number of aromatic nitrogens is 3. The topological polar surface area (TPSA) is 67.6 Å². The Hall–Kier alpha value is -3.02. The first-order valence-electron chi connectivity index (χ1n) is 8.15. The second-order valence-corrected chi connectivity index (χ2v) is 6.96. The van der Waals surface area contributed by atoms with Crippen molar-refractivity contribution in [2.24, 2.45) is 0 Å². The molecule has 0 saturated carbocycles. The van der Waals surface area contributed by atoms with Gasteiger partial charge in [0.25, 0.3) is 5.89 Å². The summed E-state index contributed by atoms with van der Waals surface area (Å²) in [6.07, 6.45) is -3.18. The molecule has 0 bridgehead atoms. The molecule has 0 fully saturated rings. The lowest BCUT2D eigenvalue weighted by Gasteiger charge is -2.11. The molecule has 29 heavy (non-hydrogen) atoms. The number of hydrogen-bond acceptors (Lipinski definition) is 4. The molecule has 0 amide bonds. The average molecular weight is 437 g/mol. The Bertz CT molecular complexity index is 1270. The van der Waals surface area contributed by atoms with Gasteiger partial charge in [0.15, 0.2) is 5.82 Å². The van der Waals surface area contributed by atoms with Crippen LogP contribution in [0.15, 0.2) is 47.1 Å². The molecule has 2 aromatic heterocycles. The zero-order chi connectivity index (χ0) is 20.8. The normalized spacial score (nSPS) is 11.7. The maximum Gasteiger partial charge on any atom is 0.418 e. The first-order chi connectivity index (χ1) is 13.8. The number of hydrogen-bond donors (Lipinski definition) is 0. The van der Waals surface area contributed by atoms with E-state index in [2.05, 4.69) is 10.1 Å². The molecule has 146 valence electrons. The third-order valence-corrected chi connectivity index (χ3v) is 4.86. The molecule has 0 saturated heterocycles. The quantitative estimate of drug-likeness (QED) is 0.398. The van der Waals surface area contributed by atoms with Crippen molar-refractivity contribution in [3.8, 4) is 17.5 Å². The summed E-state index contributed by atoms with van der Waals surface area (Å²) < 4.78 is 47.1. The van der Waals surface area contributed by atoms with Crippen molar-refractivity contribution in [1.82, 2.24) is 14.7 Å². The van der Waals surface area contributed by atoms with Crippen LogP contribution in [0.2, 0.25) is 10.0 Å². The molecule has 0 unspecified atom stereocenters. The summed E-state index contributed by atoms with van der Waals surface area (Å²) in [5.74, 6) is 0.387. The SMILES string of the molecule is N#Cc1ccc2c(ccn2Cc2noc(-c3cc(Cl)ccc3Cl)n2)c1C(F)(F)F. The van der Waals surface area contributed by atoms with Gasteiger partial charge in [-0.05, 0) is 36.4 Å². The van der Waals surface area contributed by atoms with Crippen LogP contribution in [0.5, 0.6) is 0 Å². The number of rotatable bonds is 3. The van der Waals surface area contributed by atoms with Crippen LogP contribution in [0.25, 0.3) is 22.4 Å². The van der Waals surface area contributed by atoms with Crippen molar-refractivity contribution in [1.29, 1.82) is 5.26 Å². The van der Waals surface area contributed by atoms with E-state index in [1.54, 1.807) is 28.8 Å². The van der Waals surface area contributed by atoms with Gasteiger partial charge in [0.1, 0.15) is 0 Å². The number of halogens is 5. The molecule has 0 aliphatic rings.